The molecular weight excluding hydrogens is 336 g/mol. The number of amides is 1. The van der Waals surface area contributed by atoms with Crippen LogP contribution >= 0.6 is 0 Å². The second-order valence-corrected chi connectivity index (χ2v) is 5.46. The number of carbonyl (C=O) groups excluding carboxylic acids is 1. The molecule has 1 N–H and O–H groups in total. The Bertz CT molecular complexity index is 863. The van der Waals surface area contributed by atoms with Crippen LogP contribution in [0.5, 0.6) is 5.88 Å². The number of benzene rings is 1. The smallest absolute Gasteiger partial charge is 0.251 e. The van der Waals surface area contributed by atoms with Crippen molar-refractivity contribution < 1.29 is 18.8 Å². The van der Waals surface area contributed by atoms with Crippen LogP contribution in [-0.4, -0.2) is 35.0 Å². The Morgan fingerprint density at radius 3 is 2.65 bits per heavy atom. The van der Waals surface area contributed by atoms with Crippen molar-refractivity contribution in [3.8, 4) is 17.1 Å². The summed E-state index contributed by atoms with van der Waals surface area (Å²) in [4.78, 5) is 11.4. The topological polar surface area (TPSA) is 99.4 Å². The zero-order valence-corrected chi connectivity index (χ0v) is 14.4. The van der Waals surface area contributed by atoms with Gasteiger partial charge < -0.3 is 19.3 Å². The van der Waals surface area contributed by atoms with Gasteiger partial charge in [-0.25, -0.2) is 0 Å². The number of carbonyl (C=O) groups is 1. The van der Waals surface area contributed by atoms with Gasteiger partial charge in [-0.05, 0) is 13.0 Å². The van der Waals surface area contributed by atoms with E-state index in [4.69, 9.17) is 14.0 Å². The molecule has 0 unspecified atom stereocenters. The van der Waals surface area contributed by atoms with Crippen molar-refractivity contribution in [1.29, 1.82) is 0 Å². The van der Waals surface area contributed by atoms with E-state index in [1.54, 1.807) is 12.1 Å². The molecule has 0 aliphatic heterocycles. The molecule has 2 aromatic heterocycles. The average Bonchev–Trinajstić information content (AvgIpc) is 3.03. The van der Waals surface area contributed by atoms with Gasteiger partial charge in [-0.1, -0.05) is 35.5 Å². The molecule has 0 saturated heterocycles. The van der Waals surface area contributed by atoms with E-state index in [0.29, 0.717) is 17.5 Å². The minimum Gasteiger partial charge on any atom is -0.472 e. The number of nitrogens with one attached hydrogen (secondary N) is 1. The fourth-order valence-corrected chi connectivity index (χ4v) is 2.30. The summed E-state index contributed by atoms with van der Waals surface area (Å²) in [5.41, 5.74) is 2.53. The number of aryl methyl sites for hydroxylation is 1. The summed E-state index contributed by atoms with van der Waals surface area (Å²) in [5, 5.41) is 14.5. The van der Waals surface area contributed by atoms with Crippen molar-refractivity contribution in [3.05, 3.63) is 53.8 Å². The van der Waals surface area contributed by atoms with Crippen LogP contribution in [-0.2, 0) is 16.1 Å². The Balaban J connectivity index is 1.66. The third-order valence-corrected chi connectivity index (χ3v) is 3.58. The maximum atomic E-state index is 11.4. The lowest BCUT2D eigenvalue weighted by molar-refractivity contribution is -0.119. The molecule has 26 heavy (non-hydrogen) atoms. The van der Waals surface area contributed by atoms with Gasteiger partial charge >= 0.3 is 0 Å². The molecule has 2 heterocycles. The van der Waals surface area contributed by atoms with E-state index in [2.05, 4.69) is 20.7 Å². The van der Waals surface area contributed by atoms with Crippen molar-refractivity contribution >= 4 is 11.7 Å². The van der Waals surface area contributed by atoms with Crippen LogP contribution in [0, 0.1) is 6.92 Å². The molecule has 8 heteroatoms. The summed E-state index contributed by atoms with van der Waals surface area (Å²) < 4.78 is 15.7. The van der Waals surface area contributed by atoms with Crippen molar-refractivity contribution in [3.63, 3.8) is 0 Å². The zero-order valence-electron chi connectivity index (χ0n) is 14.4. The van der Waals surface area contributed by atoms with Gasteiger partial charge in [0.2, 0.25) is 5.88 Å². The van der Waals surface area contributed by atoms with Gasteiger partial charge in [0.05, 0.1) is 5.56 Å². The number of aromatic nitrogens is 3. The Morgan fingerprint density at radius 1 is 1.15 bits per heavy atom. The third-order valence-electron chi connectivity index (χ3n) is 3.58. The average molecular weight is 354 g/mol. The Hall–Kier alpha value is -3.26. The highest BCUT2D eigenvalue weighted by Gasteiger charge is 2.15. The van der Waals surface area contributed by atoms with Crippen molar-refractivity contribution in [2.75, 3.05) is 19.0 Å². The summed E-state index contributed by atoms with van der Waals surface area (Å²) >= 11 is 0. The van der Waals surface area contributed by atoms with E-state index < -0.39 is 0 Å². The first kappa shape index (κ1) is 17.6. The number of ether oxygens (including phenoxy) is 2. The minimum atomic E-state index is -0.303. The lowest BCUT2D eigenvalue weighted by Gasteiger charge is -2.07. The standard InChI is InChI=1S/C18H18N4O4/c1-12-14(18(22-26-12)13-6-4-3-5-7-13)10-25-17-9-8-15(20-21-17)19-16(23)11-24-2/h3-9H,10-11H2,1-2H3,(H,19,20,23). The Labute approximate surface area is 150 Å². The summed E-state index contributed by atoms with van der Waals surface area (Å²) in [5.74, 6) is 1.03. The van der Waals surface area contributed by atoms with Gasteiger partial charge in [-0.2, -0.15) is 0 Å². The van der Waals surface area contributed by atoms with E-state index in [-0.39, 0.29) is 19.1 Å². The van der Waals surface area contributed by atoms with E-state index >= 15 is 0 Å². The van der Waals surface area contributed by atoms with Crippen LogP contribution in [0.3, 0.4) is 0 Å². The lowest BCUT2D eigenvalue weighted by Crippen LogP contribution is -2.18. The molecule has 0 aliphatic rings. The van der Waals surface area contributed by atoms with E-state index in [9.17, 15) is 4.79 Å². The highest BCUT2D eigenvalue weighted by atomic mass is 16.5. The molecule has 0 bridgehead atoms. The molecule has 134 valence electrons. The van der Waals surface area contributed by atoms with Crippen LogP contribution in [0.2, 0.25) is 0 Å². The van der Waals surface area contributed by atoms with Gasteiger partial charge in [-0.15, -0.1) is 10.2 Å². The Morgan fingerprint density at radius 2 is 1.96 bits per heavy atom. The molecule has 3 aromatic rings. The summed E-state index contributed by atoms with van der Waals surface area (Å²) in [6, 6.07) is 13.0. The molecule has 1 amide bonds. The van der Waals surface area contributed by atoms with Gasteiger partial charge in [0.1, 0.15) is 24.7 Å². The quantitative estimate of drug-likeness (QED) is 0.696. The second kappa shape index (κ2) is 8.21. The van der Waals surface area contributed by atoms with Crippen molar-refractivity contribution in [2.45, 2.75) is 13.5 Å². The van der Waals surface area contributed by atoms with Crippen LogP contribution in [0.1, 0.15) is 11.3 Å². The third kappa shape index (κ3) is 4.22. The molecular formula is C18H18N4O4. The highest BCUT2D eigenvalue weighted by molar-refractivity contribution is 5.90. The van der Waals surface area contributed by atoms with E-state index in [1.165, 1.54) is 7.11 Å². The summed E-state index contributed by atoms with van der Waals surface area (Å²) in [6.45, 7) is 2.02. The first-order chi connectivity index (χ1) is 12.7. The number of anilines is 1. The maximum Gasteiger partial charge on any atom is 0.251 e. The number of nitrogens with zero attached hydrogens (tertiary/aromatic N) is 3. The van der Waals surface area contributed by atoms with Gasteiger partial charge in [-0.3, -0.25) is 4.79 Å². The predicted octanol–water partition coefficient (Wildman–Crippen LogP) is 2.60. The molecule has 1 aromatic carbocycles. The fourth-order valence-electron chi connectivity index (χ4n) is 2.30. The van der Waals surface area contributed by atoms with Gasteiger partial charge in [0, 0.05) is 18.7 Å². The van der Waals surface area contributed by atoms with Crippen molar-refractivity contribution in [1.82, 2.24) is 15.4 Å². The SMILES string of the molecule is COCC(=O)Nc1ccc(OCc2c(-c3ccccc3)noc2C)nn1. The monoisotopic (exact) mass is 354 g/mol. The highest BCUT2D eigenvalue weighted by Crippen LogP contribution is 2.26. The molecule has 0 saturated carbocycles. The number of methoxy groups -OCH3 is 1. The zero-order chi connectivity index (χ0) is 18.4. The molecule has 0 aliphatic carbocycles. The van der Waals surface area contributed by atoms with E-state index in [0.717, 1.165) is 16.8 Å². The summed E-state index contributed by atoms with van der Waals surface area (Å²) in [7, 11) is 1.44. The Kier molecular flexibility index (Phi) is 5.55. The van der Waals surface area contributed by atoms with E-state index in [1.807, 2.05) is 37.3 Å². The van der Waals surface area contributed by atoms with Gasteiger partial charge in [0.15, 0.2) is 5.82 Å². The second-order valence-electron chi connectivity index (χ2n) is 5.46. The van der Waals surface area contributed by atoms with Crippen molar-refractivity contribution in [2.24, 2.45) is 0 Å². The van der Waals surface area contributed by atoms with Crippen LogP contribution in [0.25, 0.3) is 11.3 Å². The first-order valence-electron chi connectivity index (χ1n) is 7.93. The van der Waals surface area contributed by atoms with Gasteiger partial charge in [0.25, 0.3) is 5.91 Å². The first-order valence-corrected chi connectivity index (χ1v) is 7.93. The molecule has 0 spiro atoms. The fraction of sp³-hybridized carbons (Fsp3) is 0.222. The summed E-state index contributed by atoms with van der Waals surface area (Å²) in [6.07, 6.45) is 0. The molecule has 0 fully saturated rings. The van der Waals surface area contributed by atoms with Crippen LogP contribution in [0.15, 0.2) is 47.0 Å². The molecule has 8 nitrogen and oxygen atoms in total. The largest absolute Gasteiger partial charge is 0.472 e. The lowest BCUT2D eigenvalue weighted by atomic mass is 10.1. The van der Waals surface area contributed by atoms with Crippen LogP contribution in [0.4, 0.5) is 5.82 Å². The normalized spacial score (nSPS) is 10.5. The number of hydrogen-bond acceptors (Lipinski definition) is 7. The molecule has 3 rings (SSSR count). The maximum absolute atomic E-state index is 11.4. The minimum absolute atomic E-state index is 0.0467. The molecule has 0 radical (unpaired) electrons. The number of rotatable bonds is 7. The molecule has 0 atom stereocenters. The van der Waals surface area contributed by atoms with Crippen LogP contribution < -0.4 is 10.1 Å². The number of hydrogen-bond donors (Lipinski definition) is 1. The predicted molar refractivity (Wildman–Crippen MR) is 93.5 cm³/mol.